The molecular weight excluding hydrogens is 186 g/mol. The zero-order valence-corrected chi connectivity index (χ0v) is 10.2. The SMILES string of the molecule is CC(C)CCN(C1CC1)[C@H]1CCC[C@@H]1O. The Kier molecular flexibility index (Phi) is 3.68. The Balaban J connectivity index is 1.87. The van der Waals surface area contributed by atoms with E-state index in [4.69, 9.17) is 0 Å². The molecule has 15 heavy (non-hydrogen) atoms. The lowest BCUT2D eigenvalue weighted by atomic mass is 10.1. The zero-order chi connectivity index (χ0) is 10.8. The van der Waals surface area contributed by atoms with Crippen LogP contribution >= 0.6 is 0 Å². The molecule has 1 N–H and O–H groups in total. The van der Waals surface area contributed by atoms with Crippen molar-refractivity contribution in [2.75, 3.05) is 6.54 Å². The number of rotatable bonds is 5. The van der Waals surface area contributed by atoms with Crippen LogP contribution in [0.3, 0.4) is 0 Å². The van der Waals surface area contributed by atoms with Crippen molar-refractivity contribution in [3.63, 3.8) is 0 Å². The van der Waals surface area contributed by atoms with Crippen molar-refractivity contribution in [3.05, 3.63) is 0 Å². The highest BCUT2D eigenvalue weighted by molar-refractivity contribution is 4.94. The molecule has 0 saturated heterocycles. The van der Waals surface area contributed by atoms with Crippen LogP contribution in [0.4, 0.5) is 0 Å². The Labute approximate surface area is 93.7 Å². The summed E-state index contributed by atoms with van der Waals surface area (Å²) in [5.41, 5.74) is 0. The van der Waals surface area contributed by atoms with E-state index in [-0.39, 0.29) is 6.10 Å². The largest absolute Gasteiger partial charge is 0.391 e. The van der Waals surface area contributed by atoms with Crippen LogP contribution in [0.2, 0.25) is 0 Å². The number of hydrogen-bond acceptors (Lipinski definition) is 2. The molecular formula is C13H25NO. The number of nitrogens with zero attached hydrogens (tertiary/aromatic N) is 1. The average Bonchev–Trinajstić information content (AvgIpc) is 2.92. The molecule has 2 saturated carbocycles. The third kappa shape index (κ3) is 2.94. The molecule has 2 nitrogen and oxygen atoms in total. The fourth-order valence-electron chi connectivity index (χ4n) is 2.74. The first-order valence-corrected chi connectivity index (χ1v) is 6.62. The lowest BCUT2D eigenvalue weighted by molar-refractivity contribution is 0.0625. The van der Waals surface area contributed by atoms with E-state index in [0.717, 1.165) is 18.4 Å². The Bertz CT molecular complexity index is 201. The summed E-state index contributed by atoms with van der Waals surface area (Å²) in [6, 6.07) is 1.29. The average molecular weight is 211 g/mol. The second-order valence-corrected chi connectivity index (χ2v) is 5.72. The Morgan fingerprint density at radius 2 is 1.93 bits per heavy atom. The van der Waals surface area contributed by atoms with E-state index in [9.17, 15) is 5.11 Å². The zero-order valence-electron chi connectivity index (χ0n) is 10.2. The molecule has 2 fully saturated rings. The van der Waals surface area contributed by atoms with Gasteiger partial charge in [-0.3, -0.25) is 4.90 Å². The molecule has 2 aliphatic rings. The molecule has 0 aromatic rings. The molecule has 0 radical (unpaired) electrons. The topological polar surface area (TPSA) is 23.5 Å². The van der Waals surface area contributed by atoms with E-state index < -0.39 is 0 Å². The maximum absolute atomic E-state index is 9.96. The van der Waals surface area contributed by atoms with Gasteiger partial charge in [0.2, 0.25) is 0 Å². The van der Waals surface area contributed by atoms with Gasteiger partial charge in [0.25, 0.3) is 0 Å². The van der Waals surface area contributed by atoms with Gasteiger partial charge in [-0.15, -0.1) is 0 Å². The summed E-state index contributed by atoms with van der Waals surface area (Å²) in [7, 11) is 0. The molecule has 0 unspecified atom stereocenters. The van der Waals surface area contributed by atoms with Crippen molar-refractivity contribution in [3.8, 4) is 0 Å². The van der Waals surface area contributed by atoms with E-state index in [1.807, 2.05) is 0 Å². The van der Waals surface area contributed by atoms with Crippen molar-refractivity contribution in [2.24, 2.45) is 5.92 Å². The summed E-state index contributed by atoms with van der Waals surface area (Å²) in [4.78, 5) is 2.61. The van der Waals surface area contributed by atoms with E-state index >= 15 is 0 Å². The molecule has 0 aliphatic heterocycles. The van der Waals surface area contributed by atoms with Gasteiger partial charge in [-0.2, -0.15) is 0 Å². The van der Waals surface area contributed by atoms with Gasteiger partial charge in [-0.1, -0.05) is 13.8 Å². The fourth-order valence-corrected chi connectivity index (χ4v) is 2.74. The lowest BCUT2D eigenvalue weighted by Gasteiger charge is -2.31. The van der Waals surface area contributed by atoms with Crippen molar-refractivity contribution >= 4 is 0 Å². The van der Waals surface area contributed by atoms with E-state index in [0.29, 0.717) is 6.04 Å². The van der Waals surface area contributed by atoms with Gasteiger partial charge >= 0.3 is 0 Å². The van der Waals surface area contributed by atoms with E-state index in [1.54, 1.807) is 0 Å². The summed E-state index contributed by atoms with van der Waals surface area (Å²) >= 11 is 0. The highest BCUT2D eigenvalue weighted by atomic mass is 16.3. The molecule has 2 atom stereocenters. The van der Waals surface area contributed by atoms with Gasteiger partial charge in [-0.05, 0) is 51.0 Å². The smallest absolute Gasteiger partial charge is 0.0695 e. The minimum atomic E-state index is -0.0437. The summed E-state index contributed by atoms with van der Waals surface area (Å²) in [5.74, 6) is 0.782. The third-order valence-electron chi connectivity index (χ3n) is 3.85. The van der Waals surface area contributed by atoms with Gasteiger partial charge in [-0.25, -0.2) is 0 Å². The molecule has 0 aromatic heterocycles. The van der Waals surface area contributed by atoms with Crippen LogP contribution in [-0.4, -0.2) is 34.7 Å². The Morgan fingerprint density at radius 1 is 1.20 bits per heavy atom. The fraction of sp³-hybridized carbons (Fsp3) is 1.00. The molecule has 2 heteroatoms. The monoisotopic (exact) mass is 211 g/mol. The van der Waals surface area contributed by atoms with Crippen LogP contribution in [0.1, 0.15) is 52.4 Å². The molecule has 0 amide bonds. The number of aliphatic hydroxyl groups is 1. The molecule has 0 spiro atoms. The van der Waals surface area contributed by atoms with Crippen molar-refractivity contribution in [2.45, 2.75) is 70.6 Å². The quantitative estimate of drug-likeness (QED) is 0.755. The standard InChI is InChI=1S/C13H25NO/c1-10(2)8-9-14(11-6-7-11)12-4-3-5-13(12)15/h10-13,15H,3-9H2,1-2H3/t12-,13-/m0/s1. The minimum Gasteiger partial charge on any atom is -0.391 e. The summed E-state index contributed by atoms with van der Waals surface area (Å²) in [6.45, 7) is 5.77. The van der Waals surface area contributed by atoms with Crippen LogP contribution < -0.4 is 0 Å². The second kappa shape index (κ2) is 4.84. The molecule has 0 bridgehead atoms. The highest BCUT2D eigenvalue weighted by Gasteiger charge is 2.38. The Hall–Kier alpha value is -0.0800. The molecule has 88 valence electrons. The van der Waals surface area contributed by atoms with Crippen LogP contribution in [0.5, 0.6) is 0 Å². The van der Waals surface area contributed by atoms with E-state index in [2.05, 4.69) is 18.7 Å². The van der Waals surface area contributed by atoms with Crippen LogP contribution in [-0.2, 0) is 0 Å². The van der Waals surface area contributed by atoms with Crippen LogP contribution in [0.15, 0.2) is 0 Å². The predicted octanol–water partition coefficient (Wildman–Crippen LogP) is 2.41. The lowest BCUT2D eigenvalue weighted by Crippen LogP contribution is -2.42. The van der Waals surface area contributed by atoms with Gasteiger partial charge in [0.15, 0.2) is 0 Å². The van der Waals surface area contributed by atoms with Gasteiger partial charge in [0.05, 0.1) is 6.10 Å². The maximum atomic E-state index is 9.96. The molecule has 2 rings (SSSR count). The van der Waals surface area contributed by atoms with Crippen LogP contribution in [0, 0.1) is 5.92 Å². The normalized spacial score (nSPS) is 31.8. The minimum absolute atomic E-state index is 0.0437. The predicted molar refractivity (Wildman–Crippen MR) is 62.8 cm³/mol. The van der Waals surface area contributed by atoms with Gasteiger partial charge in [0.1, 0.15) is 0 Å². The molecule has 0 heterocycles. The summed E-state index contributed by atoms with van der Waals surface area (Å²) < 4.78 is 0. The summed E-state index contributed by atoms with van der Waals surface area (Å²) in [5, 5.41) is 9.96. The summed E-state index contributed by atoms with van der Waals surface area (Å²) in [6.07, 6.45) is 7.42. The number of aliphatic hydroxyl groups excluding tert-OH is 1. The van der Waals surface area contributed by atoms with Gasteiger partial charge < -0.3 is 5.11 Å². The van der Waals surface area contributed by atoms with Crippen molar-refractivity contribution in [1.29, 1.82) is 0 Å². The van der Waals surface area contributed by atoms with Crippen molar-refractivity contribution in [1.82, 2.24) is 4.90 Å². The molecule has 0 aromatic carbocycles. The Morgan fingerprint density at radius 3 is 2.40 bits per heavy atom. The molecule has 2 aliphatic carbocycles. The highest BCUT2D eigenvalue weighted by Crippen LogP contribution is 2.34. The number of hydrogen-bond donors (Lipinski definition) is 1. The first kappa shape index (κ1) is 11.4. The first-order chi connectivity index (χ1) is 7.18. The third-order valence-corrected chi connectivity index (χ3v) is 3.85. The first-order valence-electron chi connectivity index (χ1n) is 6.62. The second-order valence-electron chi connectivity index (χ2n) is 5.72. The van der Waals surface area contributed by atoms with Gasteiger partial charge in [0, 0.05) is 12.1 Å². The maximum Gasteiger partial charge on any atom is 0.0695 e. The van der Waals surface area contributed by atoms with E-state index in [1.165, 1.54) is 38.6 Å². The van der Waals surface area contributed by atoms with Crippen molar-refractivity contribution < 1.29 is 5.11 Å². The van der Waals surface area contributed by atoms with Crippen LogP contribution in [0.25, 0.3) is 0 Å².